The van der Waals surface area contributed by atoms with Crippen molar-refractivity contribution in [2.24, 2.45) is 11.3 Å². The van der Waals surface area contributed by atoms with Crippen LogP contribution in [0.2, 0.25) is 0 Å². The van der Waals surface area contributed by atoms with Crippen molar-refractivity contribution in [1.29, 1.82) is 0 Å². The van der Waals surface area contributed by atoms with Gasteiger partial charge in [-0.1, -0.05) is 13.3 Å². The summed E-state index contributed by atoms with van der Waals surface area (Å²) in [5.74, 6) is 1.10. The lowest BCUT2D eigenvalue weighted by Gasteiger charge is -2.25. The van der Waals surface area contributed by atoms with Gasteiger partial charge in [0.2, 0.25) is 0 Å². The molecule has 2 aliphatic carbocycles. The predicted octanol–water partition coefficient (Wildman–Crippen LogP) is 2.20. The summed E-state index contributed by atoms with van der Waals surface area (Å²) in [7, 11) is 0. The molecule has 0 radical (unpaired) electrons. The summed E-state index contributed by atoms with van der Waals surface area (Å²) in [6.07, 6.45) is 6.17. The Hall–Kier alpha value is 0. The lowest BCUT2D eigenvalue weighted by molar-refractivity contribution is 0.264. The molecule has 0 aliphatic heterocycles. The van der Waals surface area contributed by atoms with Gasteiger partial charge in [-0.05, 0) is 30.6 Å². The van der Waals surface area contributed by atoms with Gasteiger partial charge in [0.1, 0.15) is 0 Å². The average molecular weight is 96.2 g/mol. The Kier molecular flexibility index (Phi) is 0.499. The van der Waals surface area contributed by atoms with Gasteiger partial charge in [-0.3, -0.25) is 0 Å². The summed E-state index contributed by atoms with van der Waals surface area (Å²) in [4.78, 5) is 0. The molecule has 1 atom stereocenters. The Labute approximate surface area is 44.9 Å². The van der Waals surface area contributed by atoms with E-state index in [1.54, 1.807) is 19.3 Å². The van der Waals surface area contributed by atoms with Crippen molar-refractivity contribution in [2.75, 3.05) is 0 Å². The van der Waals surface area contributed by atoms with E-state index in [0.717, 1.165) is 11.3 Å². The summed E-state index contributed by atoms with van der Waals surface area (Å²) in [6, 6.07) is 0. The van der Waals surface area contributed by atoms with Crippen molar-refractivity contribution < 1.29 is 0 Å². The second kappa shape index (κ2) is 0.888. The SMILES string of the molecule is CC1CC12CCC2. The van der Waals surface area contributed by atoms with Crippen LogP contribution >= 0.6 is 0 Å². The van der Waals surface area contributed by atoms with Crippen molar-refractivity contribution in [2.45, 2.75) is 32.6 Å². The van der Waals surface area contributed by atoms with Crippen molar-refractivity contribution in [3.63, 3.8) is 0 Å². The van der Waals surface area contributed by atoms with Gasteiger partial charge < -0.3 is 0 Å². The maximum atomic E-state index is 2.39. The van der Waals surface area contributed by atoms with Gasteiger partial charge in [0, 0.05) is 0 Å². The maximum Gasteiger partial charge on any atom is -0.0269 e. The smallest absolute Gasteiger partial charge is 0.0269 e. The van der Waals surface area contributed by atoms with E-state index in [2.05, 4.69) is 6.92 Å². The first-order valence-electron chi connectivity index (χ1n) is 3.33. The van der Waals surface area contributed by atoms with Crippen LogP contribution < -0.4 is 0 Å². The molecule has 0 amide bonds. The Morgan fingerprint density at radius 1 is 1.43 bits per heavy atom. The molecule has 0 heterocycles. The Bertz CT molecular complexity index is 84.7. The fourth-order valence-electron chi connectivity index (χ4n) is 1.88. The van der Waals surface area contributed by atoms with Crippen LogP contribution in [0.4, 0.5) is 0 Å². The quantitative estimate of drug-likeness (QED) is 0.433. The molecule has 1 spiro atoms. The van der Waals surface area contributed by atoms with Crippen LogP contribution in [-0.2, 0) is 0 Å². The molecule has 0 aromatic carbocycles. The minimum absolute atomic E-state index is 0.931. The largest absolute Gasteiger partial charge is 0.0620 e. The van der Waals surface area contributed by atoms with Gasteiger partial charge in [-0.25, -0.2) is 0 Å². The first-order chi connectivity index (χ1) is 3.33. The lowest BCUT2D eigenvalue weighted by atomic mass is 9.80. The molecule has 0 heteroatoms. The lowest BCUT2D eigenvalue weighted by Crippen LogP contribution is -2.13. The summed E-state index contributed by atoms with van der Waals surface area (Å²) < 4.78 is 0. The maximum absolute atomic E-state index is 2.39. The Balaban J connectivity index is 2.05. The fourth-order valence-corrected chi connectivity index (χ4v) is 1.88. The molecule has 0 bridgehead atoms. The van der Waals surface area contributed by atoms with Crippen molar-refractivity contribution in [3.05, 3.63) is 0 Å². The van der Waals surface area contributed by atoms with E-state index in [0.29, 0.717) is 0 Å². The highest BCUT2D eigenvalue weighted by molar-refractivity contribution is 5.04. The fraction of sp³-hybridized carbons (Fsp3) is 1.00. The number of rotatable bonds is 0. The van der Waals surface area contributed by atoms with Gasteiger partial charge in [-0.15, -0.1) is 0 Å². The van der Waals surface area contributed by atoms with Crippen molar-refractivity contribution in [1.82, 2.24) is 0 Å². The van der Waals surface area contributed by atoms with Crippen LogP contribution in [-0.4, -0.2) is 0 Å². The van der Waals surface area contributed by atoms with Crippen molar-refractivity contribution >= 4 is 0 Å². The molecule has 2 aliphatic rings. The molecule has 0 saturated heterocycles. The molecule has 2 rings (SSSR count). The molecule has 2 fully saturated rings. The highest BCUT2D eigenvalue weighted by atomic mass is 14.6. The minimum atomic E-state index is 0.931. The summed E-state index contributed by atoms with van der Waals surface area (Å²) in [5.41, 5.74) is 0.931. The zero-order chi connectivity index (χ0) is 4.91. The normalized spacial score (nSPS) is 43.3. The second-order valence-corrected chi connectivity index (χ2v) is 3.32. The van der Waals surface area contributed by atoms with E-state index in [4.69, 9.17) is 0 Å². The standard InChI is InChI=1S/C7H12/c1-6-5-7(6)3-2-4-7/h6H,2-5H2,1H3. The Morgan fingerprint density at radius 3 is 2.00 bits per heavy atom. The summed E-state index contributed by atoms with van der Waals surface area (Å²) in [6.45, 7) is 2.39. The molecule has 0 nitrogen and oxygen atoms in total. The molecule has 1 unspecified atom stereocenters. The van der Waals surface area contributed by atoms with E-state index in [1.165, 1.54) is 6.42 Å². The number of hydrogen-bond acceptors (Lipinski definition) is 0. The first-order valence-corrected chi connectivity index (χ1v) is 3.33. The zero-order valence-electron chi connectivity index (χ0n) is 4.91. The van der Waals surface area contributed by atoms with E-state index < -0.39 is 0 Å². The second-order valence-electron chi connectivity index (χ2n) is 3.32. The van der Waals surface area contributed by atoms with E-state index >= 15 is 0 Å². The summed E-state index contributed by atoms with van der Waals surface area (Å²) >= 11 is 0. The first kappa shape index (κ1) is 3.94. The van der Waals surface area contributed by atoms with Crippen molar-refractivity contribution in [3.8, 4) is 0 Å². The molecular weight excluding hydrogens is 84.1 g/mol. The molecule has 0 aromatic rings. The van der Waals surface area contributed by atoms with Crippen LogP contribution in [0.1, 0.15) is 32.6 Å². The van der Waals surface area contributed by atoms with Crippen LogP contribution in [0, 0.1) is 11.3 Å². The van der Waals surface area contributed by atoms with Gasteiger partial charge in [0.05, 0.1) is 0 Å². The molecule has 2 saturated carbocycles. The van der Waals surface area contributed by atoms with Gasteiger partial charge >= 0.3 is 0 Å². The highest BCUT2D eigenvalue weighted by Crippen LogP contribution is 2.65. The minimum Gasteiger partial charge on any atom is -0.0620 e. The van der Waals surface area contributed by atoms with Crippen LogP contribution in [0.15, 0.2) is 0 Å². The third-order valence-corrected chi connectivity index (χ3v) is 2.95. The van der Waals surface area contributed by atoms with Crippen LogP contribution in [0.5, 0.6) is 0 Å². The highest BCUT2D eigenvalue weighted by Gasteiger charge is 2.54. The topological polar surface area (TPSA) is 0 Å². The molecule has 40 valence electrons. The molecule has 7 heavy (non-hydrogen) atoms. The summed E-state index contributed by atoms with van der Waals surface area (Å²) in [5, 5.41) is 0. The Morgan fingerprint density at radius 2 is 2.00 bits per heavy atom. The van der Waals surface area contributed by atoms with Gasteiger partial charge in [0.15, 0.2) is 0 Å². The number of hydrogen-bond donors (Lipinski definition) is 0. The average Bonchev–Trinajstić information content (AvgIpc) is 2.10. The third-order valence-electron chi connectivity index (χ3n) is 2.95. The van der Waals surface area contributed by atoms with Gasteiger partial charge in [0.25, 0.3) is 0 Å². The van der Waals surface area contributed by atoms with E-state index in [1.807, 2.05) is 0 Å². The van der Waals surface area contributed by atoms with E-state index in [9.17, 15) is 0 Å². The molecule has 0 N–H and O–H groups in total. The molecule has 0 aromatic heterocycles. The third kappa shape index (κ3) is 0.332. The predicted molar refractivity (Wildman–Crippen MR) is 30.1 cm³/mol. The van der Waals surface area contributed by atoms with E-state index in [-0.39, 0.29) is 0 Å². The van der Waals surface area contributed by atoms with Crippen LogP contribution in [0.25, 0.3) is 0 Å². The molecular formula is C7H12. The van der Waals surface area contributed by atoms with Crippen LogP contribution in [0.3, 0.4) is 0 Å². The zero-order valence-corrected chi connectivity index (χ0v) is 4.91. The monoisotopic (exact) mass is 96.1 g/mol. The van der Waals surface area contributed by atoms with Gasteiger partial charge in [-0.2, -0.15) is 0 Å².